The summed E-state index contributed by atoms with van der Waals surface area (Å²) >= 11 is 2.16. The van der Waals surface area contributed by atoms with Crippen molar-refractivity contribution in [3.8, 4) is 0 Å². The van der Waals surface area contributed by atoms with E-state index in [1.165, 1.54) is 18.6 Å². The molecule has 2 aliphatic rings. The molecule has 1 aromatic heterocycles. The lowest BCUT2D eigenvalue weighted by Crippen LogP contribution is -2.38. The summed E-state index contributed by atoms with van der Waals surface area (Å²) in [5, 5.41) is 22.1. The molecule has 4 rings (SSSR count). The number of fused-ring (bicyclic) bond motifs is 1. The molecule has 2 aromatic rings. The van der Waals surface area contributed by atoms with Crippen LogP contribution >= 0.6 is 22.6 Å². The van der Waals surface area contributed by atoms with Crippen LogP contribution < -0.4 is 0 Å². The van der Waals surface area contributed by atoms with Crippen LogP contribution in [0, 0.1) is 8.99 Å². The minimum atomic E-state index is -4.42. The summed E-state index contributed by atoms with van der Waals surface area (Å²) in [7, 11) is 0. The summed E-state index contributed by atoms with van der Waals surface area (Å²) in [6, 6.07) is 4.60. The van der Waals surface area contributed by atoms with Gasteiger partial charge in [0.15, 0.2) is 0 Å². The number of pyridine rings is 1. The SMILES string of the molecule is CC(C)c1nc2c(c(I)c1C(O)c1ccc(C(F)(F)F)cc1)C(O)CC1(CCC1)C2. The number of halogens is 4. The van der Waals surface area contributed by atoms with Crippen molar-refractivity contribution in [1.82, 2.24) is 4.98 Å². The van der Waals surface area contributed by atoms with Gasteiger partial charge in [-0.05, 0) is 77.3 Å². The summed E-state index contributed by atoms with van der Waals surface area (Å²) in [5.41, 5.74) is 2.79. The maximum Gasteiger partial charge on any atom is 0.416 e. The molecule has 1 spiro atoms. The number of hydrogen-bond acceptors (Lipinski definition) is 3. The fourth-order valence-corrected chi connectivity index (χ4v) is 6.08. The van der Waals surface area contributed by atoms with Crippen LogP contribution in [0.2, 0.25) is 0 Å². The largest absolute Gasteiger partial charge is 0.416 e. The fraction of sp³-hybridized carbons (Fsp3) is 0.522. The first-order valence-corrected chi connectivity index (χ1v) is 11.4. The highest BCUT2D eigenvalue weighted by Gasteiger charge is 2.45. The van der Waals surface area contributed by atoms with Gasteiger partial charge >= 0.3 is 6.18 Å². The Bertz CT molecular complexity index is 952. The number of benzene rings is 1. The third kappa shape index (κ3) is 3.77. The number of alkyl halides is 3. The Hall–Kier alpha value is -1.19. The Morgan fingerprint density at radius 1 is 1.17 bits per heavy atom. The van der Waals surface area contributed by atoms with Crippen LogP contribution in [0.25, 0.3) is 0 Å². The standard InChI is InChI=1S/C23H25F3INO2/c1-12(2)20-18(21(30)13-4-6-14(7-5-13)23(24,25)26)19(27)17-15(28-20)10-22(8-3-9-22)11-16(17)29/h4-7,12,16,21,29-30H,3,8-11H2,1-2H3. The van der Waals surface area contributed by atoms with Crippen molar-refractivity contribution in [2.24, 2.45) is 5.41 Å². The monoisotopic (exact) mass is 531 g/mol. The summed E-state index contributed by atoms with van der Waals surface area (Å²) in [5.74, 6) is 0.0272. The highest BCUT2D eigenvalue weighted by Crippen LogP contribution is 2.54. The van der Waals surface area contributed by atoms with Crippen molar-refractivity contribution in [3.05, 3.63) is 61.5 Å². The molecule has 2 atom stereocenters. The molecule has 1 heterocycles. The molecule has 7 heteroatoms. The molecule has 2 unspecified atom stereocenters. The second-order valence-electron chi connectivity index (χ2n) is 9.01. The van der Waals surface area contributed by atoms with Crippen molar-refractivity contribution in [1.29, 1.82) is 0 Å². The summed E-state index contributed by atoms with van der Waals surface area (Å²) in [6.07, 6.45) is -1.23. The predicted octanol–water partition coefficient (Wildman–Crippen LogP) is 6.06. The van der Waals surface area contributed by atoms with Gasteiger partial charge in [0.25, 0.3) is 0 Å². The summed E-state index contributed by atoms with van der Waals surface area (Å²) in [4.78, 5) is 4.90. The van der Waals surface area contributed by atoms with E-state index in [1.54, 1.807) is 0 Å². The van der Waals surface area contributed by atoms with Crippen LogP contribution in [0.15, 0.2) is 24.3 Å². The van der Waals surface area contributed by atoms with Crippen LogP contribution in [0.5, 0.6) is 0 Å². The molecule has 0 amide bonds. The average Bonchev–Trinajstić information content (AvgIpc) is 2.64. The van der Waals surface area contributed by atoms with Crippen LogP contribution in [-0.4, -0.2) is 15.2 Å². The normalized spacial score (nSPS) is 21.4. The number of aromatic nitrogens is 1. The molecule has 162 valence electrons. The maximum atomic E-state index is 12.9. The second-order valence-corrected chi connectivity index (χ2v) is 10.1. The molecule has 1 fully saturated rings. The van der Waals surface area contributed by atoms with E-state index in [9.17, 15) is 23.4 Å². The van der Waals surface area contributed by atoms with E-state index < -0.39 is 23.9 Å². The zero-order chi connectivity index (χ0) is 21.8. The number of nitrogens with zero attached hydrogens (tertiary/aromatic N) is 1. The zero-order valence-electron chi connectivity index (χ0n) is 16.9. The van der Waals surface area contributed by atoms with E-state index in [0.717, 1.165) is 51.9 Å². The van der Waals surface area contributed by atoms with Gasteiger partial charge in [0.2, 0.25) is 0 Å². The van der Waals surface area contributed by atoms with Crippen LogP contribution in [-0.2, 0) is 12.6 Å². The van der Waals surface area contributed by atoms with E-state index in [0.29, 0.717) is 17.5 Å². The van der Waals surface area contributed by atoms with Crippen LogP contribution in [0.1, 0.15) is 91.3 Å². The molecule has 2 aliphatic carbocycles. The Labute approximate surface area is 187 Å². The van der Waals surface area contributed by atoms with Gasteiger partial charge in [-0.2, -0.15) is 13.2 Å². The van der Waals surface area contributed by atoms with Crippen molar-refractivity contribution in [3.63, 3.8) is 0 Å². The molecular formula is C23H25F3INO2. The van der Waals surface area contributed by atoms with Crippen molar-refractivity contribution in [2.75, 3.05) is 0 Å². The van der Waals surface area contributed by atoms with Gasteiger partial charge in [0.1, 0.15) is 6.10 Å². The minimum absolute atomic E-state index is 0.0272. The van der Waals surface area contributed by atoms with Gasteiger partial charge in [-0.25, -0.2) is 0 Å². The molecule has 0 bridgehead atoms. The van der Waals surface area contributed by atoms with E-state index in [1.807, 2.05) is 13.8 Å². The maximum absolute atomic E-state index is 12.9. The average molecular weight is 531 g/mol. The third-order valence-electron chi connectivity index (χ3n) is 6.61. The predicted molar refractivity (Wildman–Crippen MR) is 116 cm³/mol. The molecule has 3 nitrogen and oxygen atoms in total. The molecular weight excluding hydrogens is 506 g/mol. The smallest absolute Gasteiger partial charge is 0.388 e. The Morgan fingerprint density at radius 3 is 2.30 bits per heavy atom. The van der Waals surface area contributed by atoms with Gasteiger partial charge in [-0.1, -0.05) is 32.4 Å². The van der Waals surface area contributed by atoms with Gasteiger partial charge in [-0.3, -0.25) is 4.98 Å². The molecule has 0 saturated heterocycles. The molecule has 0 radical (unpaired) electrons. The van der Waals surface area contributed by atoms with E-state index in [4.69, 9.17) is 4.98 Å². The lowest BCUT2D eigenvalue weighted by molar-refractivity contribution is -0.137. The zero-order valence-corrected chi connectivity index (χ0v) is 19.1. The van der Waals surface area contributed by atoms with Crippen molar-refractivity contribution < 1.29 is 23.4 Å². The highest BCUT2D eigenvalue weighted by molar-refractivity contribution is 14.1. The first-order valence-electron chi connectivity index (χ1n) is 10.3. The van der Waals surface area contributed by atoms with Gasteiger partial charge < -0.3 is 10.2 Å². The molecule has 2 N–H and O–H groups in total. The Kier molecular flexibility index (Phi) is 5.68. The first kappa shape index (κ1) is 22.0. The quantitative estimate of drug-likeness (QED) is 0.474. The summed E-state index contributed by atoms with van der Waals surface area (Å²) < 4.78 is 39.5. The molecule has 0 aliphatic heterocycles. The number of rotatable bonds is 3. The lowest BCUT2D eigenvalue weighted by atomic mass is 9.59. The third-order valence-corrected chi connectivity index (χ3v) is 7.77. The number of hydrogen-bond donors (Lipinski definition) is 2. The Morgan fingerprint density at radius 2 is 1.80 bits per heavy atom. The highest BCUT2D eigenvalue weighted by atomic mass is 127. The van der Waals surface area contributed by atoms with Crippen LogP contribution in [0.4, 0.5) is 13.2 Å². The van der Waals surface area contributed by atoms with E-state index in [-0.39, 0.29) is 11.3 Å². The van der Waals surface area contributed by atoms with Crippen molar-refractivity contribution in [2.45, 2.75) is 70.3 Å². The second kappa shape index (κ2) is 7.74. The van der Waals surface area contributed by atoms with Gasteiger partial charge in [0, 0.05) is 20.4 Å². The van der Waals surface area contributed by atoms with E-state index >= 15 is 0 Å². The number of aliphatic hydroxyl groups is 2. The molecule has 30 heavy (non-hydrogen) atoms. The van der Waals surface area contributed by atoms with Gasteiger partial charge in [-0.15, -0.1) is 0 Å². The van der Waals surface area contributed by atoms with E-state index in [2.05, 4.69) is 22.6 Å². The van der Waals surface area contributed by atoms with Crippen LogP contribution in [0.3, 0.4) is 0 Å². The molecule has 1 saturated carbocycles. The Balaban J connectivity index is 1.78. The lowest BCUT2D eigenvalue weighted by Gasteiger charge is -2.47. The topological polar surface area (TPSA) is 53.4 Å². The van der Waals surface area contributed by atoms with Gasteiger partial charge in [0.05, 0.1) is 17.4 Å². The first-order chi connectivity index (χ1) is 14.0. The number of aliphatic hydroxyl groups excluding tert-OH is 2. The fourth-order valence-electron chi connectivity index (χ4n) is 4.84. The molecule has 1 aromatic carbocycles. The summed E-state index contributed by atoms with van der Waals surface area (Å²) in [6.45, 7) is 3.98. The van der Waals surface area contributed by atoms with Crippen molar-refractivity contribution >= 4 is 22.6 Å². The minimum Gasteiger partial charge on any atom is -0.388 e.